The Morgan fingerprint density at radius 1 is 0.958 bits per heavy atom. The molecule has 0 aliphatic carbocycles. The number of carbonyl (C=O) groups excluding carboxylic acids is 2. The molecule has 0 atom stereocenters. The van der Waals surface area contributed by atoms with E-state index in [4.69, 9.17) is 0 Å². The number of hydrazine groups is 1. The third-order valence-corrected chi connectivity index (χ3v) is 3.33. The fourth-order valence-electron chi connectivity index (χ4n) is 2.00. The van der Waals surface area contributed by atoms with Crippen LogP contribution in [0.5, 0.6) is 0 Å². The summed E-state index contributed by atoms with van der Waals surface area (Å²) >= 11 is 0. The first kappa shape index (κ1) is 16.9. The topological polar surface area (TPSA) is 113 Å². The van der Waals surface area contributed by atoms with Crippen LogP contribution in [-0.2, 0) is 0 Å². The van der Waals surface area contributed by atoms with E-state index in [9.17, 15) is 19.7 Å². The van der Waals surface area contributed by atoms with Gasteiger partial charge in [0.1, 0.15) is 5.69 Å². The van der Waals surface area contributed by atoms with Gasteiger partial charge in [0, 0.05) is 24.2 Å². The average molecular weight is 328 g/mol. The number of nitro groups is 1. The first-order valence-corrected chi connectivity index (χ1v) is 7.06. The number of nitro benzene ring substituents is 1. The van der Waals surface area contributed by atoms with E-state index in [1.807, 2.05) is 6.92 Å². The number of hydrogen-bond donors (Lipinski definition) is 3. The Hall–Kier alpha value is -3.42. The number of nitrogens with one attached hydrogen (secondary N) is 3. The van der Waals surface area contributed by atoms with Gasteiger partial charge in [0.15, 0.2) is 0 Å². The molecule has 0 heterocycles. The zero-order valence-corrected chi connectivity index (χ0v) is 13.1. The second-order valence-electron chi connectivity index (χ2n) is 5.01. The predicted octanol–water partition coefficient (Wildman–Crippen LogP) is 2.02. The van der Waals surface area contributed by atoms with E-state index < -0.39 is 16.7 Å². The molecule has 0 aliphatic heterocycles. The molecule has 0 fully saturated rings. The van der Waals surface area contributed by atoms with Gasteiger partial charge in [0.25, 0.3) is 17.5 Å². The van der Waals surface area contributed by atoms with Crippen LogP contribution in [0.25, 0.3) is 0 Å². The SMILES string of the molecule is CNc1ccc(C(=O)NNC(=O)c2ccc(C)cc2)cc1[N+](=O)[O-]. The van der Waals surface area contributed by atoms with Crippen LogP contribution in [0.3, 0.4) is 0 Å². The molecular weight excluding hydrogens is 312 g/mol. The van der Waals surface area contributed by atoms with Crippen LogP contribution >= 0.6 is 0 Å². The monoisotopic (exact) mass is 328 g/mol. The molecule has 0 aromatic heterocycles. The number of carbonyl (C=O) groups is 2. The van der Waals surface area contributed by atoms with Crippen LogP contribution in [0.1, 0.15) is 26.3 Å². The number of rotatable bonds is 4. The number of benzene rings is 2. The van der Waals surface area contributed by atoms with Crippen molar-refractivity contribution in [2.75, 3.05) is 12.4 Å². The summed E-state index contributed by atoms with van der Waals surface area (Å²) in [6, 6.07) is 10.8. The molecule has 24 heavy (non-hydrogen) atoms. The number of nitrogens with zero attached hydrogens (tertiary/aromatic N) is 1. The van der Waals surface area contributed by atoms with Crippen molar-refractivity contribution in [2.45, 2.75) is 6.92 Å². The zero-order chi connectivity index (χ0) is 17.7. The summed E-state index contributed by atoms with van der Waals surface area (Å²) in [5, 5.41) is 13.7. The van der Waals surface area contributed by atoms with E-state index in [0.29, 0.717) is 11.3 Å². The van der Waals surface area contributed by atoms with Crippen LogP contribution in [0, 0.1) is 17.0 Å². The van der Waals surface area contributed by atoms with Crippen LogP contribution in [0.4, 0.5) is 11.4 Å². The Morgan fingerprint density at radius 2 is 1.50 bits per heavy atom. The fourth-order valence-corrected chi connectivity index (χ4v) is 2.00. The molecular formula is C16H16N4O4. The lowest BCUT2D eigenvalue weighted by molar-refractivity contribution is -0.384. The molecule has 0 saturated carbocycles. The third kappa shape index (κ3) is 3.86. The summed E-state index contributed by atoms with van der Waals surface area (Å²) in [6.45, 7) is 1.89. The predicted molar refractivity (Wildman–Crippen MR) is 88.8 cm³/mol. The lowest BCUT2D eigenvalue weighted by atomic mass is 10.1. The standard InChI is InChI=1S/C16H16N4O4/c1-10-3-5-11(6-4-10)15(21)18-19-16(22)12-7-8-13(17-2)14(9-12)20(23)24/h3-9,17H,1-2H3,(H,18,21)(H,19,22). The van der Waals surface area contributed by atoms with Crippen molar-refractivity contribution in [1.29, 1.82) is 0 Å². The molecule has 124 valence electrons. The molecule has 3 N–H and O–H groups in total. The third-order valence-electron chi connectivity index (χ3n) is 3.33. The molecule has 2 rings (SSSR count). The quantitative estimate of drug-likeness (QED) is 0.587. The maximum absolute atomic E-state index is 12.0. The van der Waals surface area contributed by atoms with E-state index in [0.717, 1.165) is 11.6 Å². The molecule has 0 bridgehead atoms. The summed E-state index contributed by atoms with van der Waals surface area (Å²) in [4.78, 5) is 34.4. The van der Waals surface area contributed by atoms with Gasteiger partial charge in [-0.15, -0.1) is 0 Å². The summed E-state index contributed by atoms with van der Waals surface area (Å²) in [6.07, 6.45) is 0. The Morgan fingerprint density at radius 3 is 2.04 bits per heavy atom. The smallest absolute Gasteiger partial charge is 0.293 e. The van der Waals surface area contributed by atoms with Crippen molar-refractivity contribution in [2.24, 2.45) is 0 Å². The molecule has 8 nitrogen and oxygen atoms in total. The molecule has 2 aromatic rings. The molecule has 0 saturated heterocycles. The maximum Gasteiger partial charge on any atom is 0.293 e. The summed E-state index contributed by atoms with van der Waals surface area (Å²) < 4.78 is 0. The van der Waals surface area contributed by atoms with E-state index >= 15 is 0 Å². The maximum atomic E-state index is 12.0. The average Bonchev–Trinajstić information content (AvgIpc) is 2.59. The highest BCUT2D eigenvalue weighted by Crippen LogP contribution is 2.24. The minimum atomic E-state index is -0.652. The van der Waals surface area contributed by atoms with Gasteiger partial charge >= 0.3 is 0 Å². The van der Waals surface area contributed by atoms with Crippen molar-refractivity contribution in [1.82, 2.24) is 10.9 Å². The second-order valence-corrected chi connectivity index (χ2v) is 5.01. The van der Waals surface area contributed by atoms with E-state index in [-0.39, 0.29) is 11.3 Å². The molecule has 0 radical (unpaired) electrons. The van der Waals surface area contributed by atoms with Crippen LogP contribution in [0.15, 0.2) is 42.5 Å². The highest BCUT2D eigenvalue weighted by atomic mass is 16.6. The zero-order valence-electron chi connectivity index (χ0n) is 13.1. The van der Waals surface area contributed by atoms with Gasteiger partial charge in [0.05, 0.1) is 4.92 Å². The Balaban J connectivity index is 2.07. The van der Waals surface area contributed by atoms with Crippen LogP contribution < -0.4 is 16.2 Å². The normalized spacial score (nSPS) is 9.92. The first-order chi connectivity index (χ1) is 11.4. The van der Waals surface area contributed by atoms with Crippen LogP contribution in [-0.4, -0.2) is 23.8 Å². The largest absolute Gasteiger partial charge is 0.383 e. The van der Waals surface area contributed by atoms with Crippen LogP contribution in [0.2, 0.25) is 0 Å². The summed E-state index contributed by atoms with van der Waals surface area (Å²) in [5.41, 5.74) is 6.02. The summed E-state index contributed by atoms with van der Waals surface area (Å²) in [5.74, 6) is -1.13. The van der Waals surface area contributed by atoms with Crippen molar-refractivity contribution >= 4 is 23.2 Å². The Labute approximate surface area is 138 Å². The number of aryl methyl sites for hydroxylation is 1. The highest BCUT2D eigenvalue weighted by molar-refractivity contribution is 5.99. The van der Waals surface area contributed by atoms with Gasteiger partial charge in [-0.2, -0.15) is 0 Å². The van der Waals surface area contributed by atoms with Gasteiger partial charge in [0.2, 0.25) is 0 Å². The van der Waals surface area contributed by atoms with Crippen molar-refractivity contribution in [3.8, 4) is 0 Å². The Kier molecular flexibility index (Phi) is 5.10. The van der Waals surface area contributed by atoms with Gasteiger partial charge in [-0.05, 0) is 31.2 Å². The van der Waals surface area contributed by atoms with Crippen molar-refractivity contribution in [3.05, 3.63) is 69.3 Å². The fraction of sp³-hybridized carbons (Fsp3) is 0.125. The molecule has 2 amide bonds. The van der Waals surface area contributed by atoms with E-state index in [1.54, 1.807) is 31.3 Å². The molecule has 8 heteroatoms. The molecule has 2 aromatic carbocycles. The minimum Gasteiger partial charge on any atom is -0.383 e. The number of hydrogen-bond acceptors (Lipinski definition) is 5. The lowest BCUT2D eigenvalue weighted by Gasteiger charge is -2.08. The van der Waals surface area contributed by atoms with Gasteiger partial charge in [-0.1, -0.05) is 17.7 Å². The number of anilines is 1. The van der Waals surface area contributed by atoms with Crippen molar-refractivity contribution < 1.29 is 14.5 Å². The lowest BCUT2D eigenvalue weighted by Crippen LogP contribution is -2.41. The van der Waals surface area contributed by atoms with Gasteiger partial charge < -0.3 is 5.32 Å². The molecule has 0 unspecified atom stereocenters. The van der Waals surface area contributed by atoms with Gasteiger partial charge in [-0.25, -0.2) is 0 Å². The van der Waals surface area contributed by atoms with Gasteiger partial charge in [-0.3, -0.25) is 30.6 Å². The molecule has 0 aliphatic rings. The Bertz CT molecular complexity index is 787. The van der Waals surface area contributed by atoms with Crippen molar-refractivity contribution in [3.63, 3.8) is 0 Å². The molecule has 0 spiro atoms. The number of amides is 2. The van der Waals surface area contributed by atoms with E-state index in [2.05, 4.69) is 16.2 Å². The minimum absolute atomic E-state index is 0.0601. The first-order valence-electron chi connectivity index (χ1n) is 7.06. The summed E-state index contributed by atoms with van der Waals surface area (Å²) in [7, 11) is 1.55. The van der Waals surface area contributed by atoms with E-state index in [1.165, 1.54) is 12.1 Å². The highest BCUT2D eigenvalue weighted by Gasteiger charge is 2.17. The second kappa shape index (κ2) is 7.23.